The van der Waals surface area contributed by atoms with Crippen LogP contribution in [0.25, 0.3) is 0 Å². The van der Waals surface area contributed by atoms with E-state index in [-0.39, 0.29) is 12.4 Å². The molecule has 16 heavy (non-hydrogen) atoms. The molecule has 0 aliphatic heterocycles. The highest BCUT2D eigenvalue weighted by molar-refractivity contribution is 9.10. The standard InChI is InChI=1S/C11H13BrO4/c1-14-8-5-4-7(6-9(13)15-2)10(12)11(8)16-3/h4-5H,6H2,1-3H3. The number of halogens is 1. The van der Waals surface area contributed by atoms with Crippen LogP contribution in [0, 0.1) is 0 Å². The first-order valence-corrected chi connectivity index (χ1v) is 5.39. The molecule has 0 aliphatic carbocycles. The zero-order valence-corrected chi connectivity index (χ0v) is 11.0. The Bertz CT molecular complexity index is 390. The molecule has 4 nitrogen and oxygen atoms in total. The Morgan fingerprint density at radius 2 is 1.94 bits per heavy atom. The molecule has 0 fully saturated rings. The maximum atomic E-state index is 11.2. The summed E-state index contributed by atoms with van der Waals surface area (Å²) >= 11 is 3.38. The van der Waals surface area contributed by atoms with Crippen LogP contribution in [0.1, 0.15) is 5.56 Å². The molecule has 0 spiro atoms. The van der Waals surface area contributed by atoms with Crippen molar-refractivity contribution in [2.24, 2.45) is 0 Å². The molecule has 0 N–H and O–H groups in total. The summed E-state index contributed by atoms with van der Waals surface area (Å²) in [6, 6.07) is 3.55. The van der Waals surface area contributed by atoms with Crippen molar-refractivity contribution in [3.63, 3.8) is 0 Å². The Balaban J connectivity index is 3.08. The first-order valence-electron chi connectivity index (χ1n) is 4.60. The quantitative estimate of drug-likeness (QED) is 0.797. The molecule has 0 radical (unpaired) electrons. The van der Waals surface area contributed by atoms with Gasteiger partial charge in [0.15, 0.2) is 11.5 Å². The molecule has 0 aliphatic rings. The van der Waals surface area contributed by atoms with Gasteiger partial charge in [0.05, 0.1) is 32.2 Å². The lowest BCUT2D eigenvalue weighted by molar-refractivity contribution is -0.139. The minimum atomic E-state index is -0.298. The molecule has 0 heterocycles. The lowest BCUT2D eigenvalue weighted by atomic mass is 10.1. The summed E-state index contributed by atoms with van der Waals surface area (Å²) in [6.45, 7) is 0. The van der Waals surface area contributed by atoms with Gasteiger partial charge in [-0.15, -0.1) is 0 Å². The Labute approximate surface area is 103 Å². The number of hydrogen-bond acceptors (Lipinski definition) is 4. The largest absolute Gasteiger partial charge is 0.493 e. The predicted octanol–water partition coefficient (Wildman–Crippen LogP) is 2.18. The summed E-state index contributed by atoms with van der Waals surface area (Å²) in [7, 11) is 4.46. The molecule has 0 aromatic heterocycles. The van der Waals surface area contributed by atoms with Crippen molar-refractivity contribution in [1.82, 2.24) is 0 Å². The van der Waals surface area contributed by atoms with Crippen LogP contribution in [0.4, 0.5) is 0 Å². The molecule has 1 aromatic carbocycles. The second kappa shape index (κ2) is 5.75. The van der Waals surface area contributed by atoms with E-state index in [1.54, 1.807) is 26.4 Å². The first kappa shape index (κ1) is 12.8. The summed E-state index contributed by atoms with van der Waals surface area (Å²) in [5.74, 6) is 0.889. The van der Waals surface area contributed by atoms with Crippen LogP contribution in [0.15, 0.2) is 16.6 Å². The average Bonchev–Trinajstić information content (AvgIpc) is 2.31. The van der Waals surface area contributed by atoms with Gasteiger partial charge < -0.3 is 14.2 Å². The number of hydrogen-bond donors (Lipinski definition) is 0. The SMILES string of the molecule is COC(=O)Cc1ccc(OC)c(OC)c1Br. The van der Waals surface area contributed by atoms with E-state index in [1.807, 2.05) is 0 Å². The Morgan fingerprint density at radius 1 is 1.25 bits per heavy atom. The van der Waals surface area contributed by atoms with E-state index in [9.17, 15) is 4.79 Å². The van der Waals surface area contributed by atoms with E-state index in [0.717, 1.165) is 5.56 Å². The minimum absolute atomic E-state index is 0.192. The molecule has 0 saturated carbocycles. The molecule has 0 bridgehead atoms. The summed E-state index contributed by atoms with van der Waals surface area (Å²) in [5.41, 5.74) is 0.796. The predicted molar refractivity (Wildman–Crippen MR) is 63.0 cm³/mol. The van der Waals surface area contributed by atoms with Crippen LogP contribution in [0.5, 0.6) is 11.5 Å². The number of rotatable bonds is 4. The van der Waals surface area contributed by atoms with Crippen molar-refractivity contribution in [3.05, 3.63) is 22.2 Å². The fraction of sp³-hybridized carbons (Fsp3) is 0.364. The van der Waals surface area contributed by atoms with E-state index in [0.29, 0.717) is 16.0 Å². The summed E-state index contributed by atoms with van der Waals surface area (Å²) in [6.07, 6.45) is 0.192. The van der Waals surface area contributed by atoms with Gasteiger partial charge in [-0.25, -0.2) is 0 Å². The van der Waals surface area contributed by atoms with Gasteiger partial charge in [0.2, 0.25) is 0 Å². The van der Waals surface area contributed by atoms with Crippen LogP contribution in [-0.2, 0) is 16.0 Å². The van der Waals surface area contributed by atoms with Crippen molar-refractivity contribution in [2.75, 3.05) is 21.3 Å². The van der Waals surface area contributed by atoms with Crippen LogP contribution in [0.2, 0.25) is 0 Å². The maximum Gasteiger partial charge on any atom is 0.310 e. The monoisotopic (exact) mass is 288 g/mol. The van der Waals surface area contributed by atoms with Crippen molar-refractivity contribution < 1.29 is 19.0 Å². The first-order chi connectivity index (χ1) is 7.63. The van der Waals surface area contributed by atoms with Gasteiger partial charge >= 0.3 is 5.97 Å². The minimum Gasteiger partial charge on any atom is -0.493 e. The smallest absolute Gasteiger partial charge is 0.310 e. The number of ether oxygens (including phenoxy) is 3. The molecule has 5 heteroatoms. The Hall–Kier alpha value is -1.23. The molecule has 1 aromatic rings. The lowest BCUT2D eigenvalue weighted by Crippen LogP contribution is -2.05. The molecule has 88 valence electrons. The van der Waals surface area contributed by atoms with E-state index >= 15 is 0 Å². The van der Waals surface area contributed by atoms with E-state index in [1.165, 1.54) is 7.11 Å². The number of carbonyl (C=O) groups excluding carboxylic acids is 1. The number of carbonyl (C=O) groups is 1. The van der Waals surface area contributed by atoms with Gasteiger partial charge in [0.25, 0.3) is 0 Å². The Morgan fingerprint density at radius 3 is 2.44 bits per heavy atom. The molecule has 0 amide bonds. The topological polar surface area (TPSA) is 44.8 Å². The third-order valence-corrected chi connectivity index (χ3v) is 3.00. The van der Waals surface area contributed by atoms with Crippen molar-refractivity contribution in [3.8, 4) is 11.5 Å². The number of benzene rings is 1. The summed E-state index contributed by atoms with van der Waals surface area (Å²) in [4.78, 5) is 11.2. The third kappa shape index (κ3) is 2.66. The average molecular weight is 289 g/mol. The van der Waals surface area contributed by atoms with E-state index in [2.05, 4.69) is 20.7 Å². The summed E-state index contributed by atoms with van der Waals surface area (Å²) < 4.78 is 15.6. The number of methoxy groups -OCH3 is 3. The van der Waals surface area contributed by atoms with Crippen LogP contribution < -0.4 is 9.47 Å². The van der Waals surface area contributed by atoms with Gasteiger partial charge in [-0.05, 0) is 27.6 Å². The molecule has 0 unspecified atom stereocenters. The second-order valence-electron chi connectivity index (χ2n) is 3.03. The van der Waals surface area contributed by atoms with Gasteiger partial charge in [-0.1, -0.05) is 6.07 Å². The highest BCUT2D eigenvalue weighted by atomic mass is 79.9. The van der Waals surface area contributed by atoms with Crippen molar-refractivity contribution >= 4 is 21.9 Å². The Kier molecular flexibility index (Phi) is 4.61. The molecule has 0 saturated heterocycles. The zero-order valence-electron chi connectivity index (χ0n) is 9.37. The highest BCUT2D eigenvalue weighted by Crippen LogP contribution is 2.37. The van der Waals surface area contributed by atoms with Crippen LogP contribution >= 0.6 is 15.9 Å². The van der Waals surface area contributed by atoms with Gasteiger partial charge in [-0.3, -0.25) is 4.79 Å². The van der Waals surface area contributed by atoms with Crippen LogP contribution in [0.3, 0.4) is 0 Å². The molecule has 0 atom stereocenters. The van der Waals surface area contributed by atoms with Gasteiger partial charge in [0.1, 0.15) is 0 Å². The third-order valence-electron chi connectivity index (χ3n) is 2.13. The maximum absolute atomic E-state index is 11.2. The number of esters is 1. The van der Waals surface area contributed by atoms with Gasteiger partial charge in [-0.2, -0.15) is 0 Å². The van der Waals surface area contributed by atoms with Crippen molar-refractivity contribution in [2.45, 2.75) is 6.42 Å². The van der Waals surface area contributed by atoms with Gasteiger partial charge in [0, 0.05) is 0 Å². The fourth-order valence-electron chi connectivity index (χ4n) is 1.29. The summed E-state index contributed by atoms with van der Waals surface area (Å²) in [5, 5.41) is 0. The van der Waals surface area contributed by atoms with Crippen molar-refractivity contribution in [1.29, 1.82) is 0 Å². The van der Waals surface area contributed by atoms with E-state index < -0.39 is 0 Å². The molecular weight excluding hydrogens is 276 g/mol. The van der Waals surface area contributed by atoms with Crippen LogP contribution in [-0.4, -0.2) is 27.3 Å². The second-order valence-corrected chi connectivity index (χ2v) is 3.82. The normalized spacial score (nSPS) is 9.75. The molecule has 1 rings (SSSR count). The zero-order chi connectivity index (χ0) is 12.1. The highest BCUT2D eigenvalue weighted by Gasteiger charge is 2.14. The lowest BCUT2D eigenvalue weighted by Gasteiger charge is -2.12. The van der Waals surface area contributed by atoms with E-state index in [4.69, 9.17) is 9.47 Å². The molecular formula is C11H13BrO4. The fourth-order valence-corrected chi connectivity index (χ4v) is 1.92.